The zero-order valence-corrected chi connectivity index (χ0v) is 9.33. The Morgan fingerprint density at radius 1 is 1.50 bits per heavy atom. The Kier molecular flexibility index (Phi) is 2.67. The minimum atomic E-state index is 0.270. The Bertz CT molecular complexity index is 268. The number of aromatic nitrogens is 1. The summed E-state index contributed by atoms with van der Waals surface area (Å²) in [5, 5.41) is 1.44. The third-order valence-corrected chi connectivity index (χ3v) is 3.95. The van der Waals surface area contributed by atoms with Crippen LogP contribution >= 0.6 is 11.3 Å². The predicted octanol–water partition coefficient (Wildman–Crippen LogP) is 0.527. The molecule has 0 saturated carbocycles. The van der Waals surface area contributed by atoms with Crippen molar-refractivity contribution in [3.63, 3.8) is 0 Å². The lowest BCUT2D eigenvalue weighted by atomic mass is 9.48. The fraction of sp³-hybridized carbons (Fsp3) is 0.625. The summed E-state index contributed by atoms with van der Waals surface area (Å²) >= 11 is 1.81. The fourth-order valence-corrected chi connectivity index (χ4v) is 1.97. The van der Waals surface area contributed by atoms with Crippen LogP contribution in [0.15, 0.2) is 6.20 Å². The Labute approximate surface area is 80.4 Å². The molecule has 1 aromatic rings. The molecule has 0 atom stereocenters. The Morgan fingerprint density at radius 3 is 2.42 bits per heavy atom. The number of hydrogen-bond acceptors (Lipinski definition) is 2. The van der Waals surface area contributed by atoms with Gasteiger partial charge in [0.2, 0.25) is 0 Å². The van der Waals surface area contributed by atoms with Gasteiger partial charge in [-0.2, -0.15) is 0 Å². The number of thiazole rings is 1. The van der Waals surface area contributed by atoms with Gasteiger partial charge in [-0.25, -0.2) is 4.98 Å². The van der Waals surface area contributed by atoms with Crippen LogP contribution in [0, 0.1) is 12.8 Å². The summed E-state index contributed by atoms with van der Waals surface area (Å²) in [6.45, 7) is 6.58. The van der Waals surface area contributed by atoms with Gasteiger partial charge in [-0.1, -0.05) is 19.8 Å². The summed E-state index contributed by atoms with van der Waals surface area (Å²) in [6.07, 6.45) is 2.01. The van der Waals surface area contributed by atoms with Crippen LogP contribution < -0.4 is 0 Å². The van der Waals surface area contributed by atoms with Crippen molar-refractivity contribution in [2.24, 2.45) is 5.92 Å². The fourth-order valence-electron chi connectivity index (χ4n) is 0.944. The van der Waals surface area contributed by atoms with Crippen molar-refractivity contribution in [1.29, 1.82) is 0 Å². The highest BCUT2D eigenvalue weighted by Crippen LogP contribution is 2.29. The molecule has 0 amide bonds. The highest BCUT2D eigenvalue weighted by Gasteiger charge is 2.26. The lowest BCUT2D eigenvalue weighted by Gasteiger charge is -2.27. The first-order valence-corrected chi connectivity index (χ1v) is 5.19. The van der Waals surface area contributed by atoms with Crippen LogP contribution in [0.1, 0.15) is 23.7 Å². The highest BCUT2D eigenvalue weighted by atomic mass is 32.1. The minimum Gasteiger partial charge on any atom is -0.250 e. The molecule has 64 valence electrons. The van der Waals surface area contributed by atoms with Gasteiger partial charge in [0.25, 0.3) is 0 Å². The topological polar surface area (TPSA) is 12.9 Å². The quantitative estimate of drug-likeness (QED) is 0.603. The summed E-state index contributed by atoms with van der Waals surface area (Å²) in [5.41, 5.74) is 0. The average molecular weight is 179 g/mol. The second-order valence-electron chi connectivity index (χ2n) is 4.12. The van der Waals surface area contributed by atoms with Crippen molar-refractivity contribution in [3.8, 4) is 0 Å². The summed E-state index contributed by atoms with van der Waals surface area (Å²) in [4.78, 5) is 5.68. The highest BCUT2D eigenvalue weighted by molar-refractivity contribution is 7.12. The predicted molar refractivity (Wildman–Crippen MR) is 60.5 cm³/mol. The van der Waals surface area contributed by atoms with Gasteiger partial charge in [-0.3, -0.25) is 0 Å². The first kappa shape index (κ1) is 9.84. The molecule has 0 aliphatic heterocycles. The van der Waals surface area contributed by atoms with Crippen molar-refractivity contribution in [2.45, 2.75) is 26.0 Å². The molecule has 4 heteroatoms. The summed E-state index contributed by atoms with van der Waals surface area (Å²) in [5.74, 6) is 0.664. The average Bonchev–Trinajstić information content (AvgIpc) is 2.35. The van der Waals surface area contributed by atoms with Crippen LogP contribution in [0.2, 0.25) is 0 Å². The molecule has 1 rings (SSSR count). The second kappa shape index (κ2) is 3.25. The van der Waals surface area contributed by atoms with Crippen LogP contribution in [0.5, 0.6) is 0 Å². The molecule has 12 heavy (non-hydrogen) atoms. The van der Waals surface area contributed by atoms with Crippen molar-refractivity contribution in [2.75, 3.05) is 0 Å². The molecule has 0 unspecified atom stereocenters. The molecule has 0 aromatic carbocycles. The van der Waals surface area contributed by atoms with Gasteiger partial charge in [0.05, 0.1) is 5.01 Å². The summed E-state index contributed by atoms with van der Waals surface area (Å²) in [7, 11) is 4.56. The summed E-state index contributed by atoms with van der Waals surface area (Å²) < 4.78 is 0. The molecular formula is C8H15B2NS. The second-order valence-corrected chi connectivity index (χ2v) is 5.35. The van der Waals surface area contributed by atoms with Crippen LogP contribution in [0.25, 0.3) is 0 Å². The maximum Gasteiger partial charge on any atom is 0.106 e. The molecule has 1 heterocycles. The van der Waals surface area contributed by atoms with E-state index in [0.717, 1.165) is 0 Å². The zero-order chi connectivity index (χ0) is 9.35. The monoisotopic (exact) mass is 179 g/mol. The van der Waals surface area contributed by atoms with Crippen molar-refractivity contribution >= 4 is 27.0 Å². The van der Waals surface area contributed by atoms with Gasteiger partial charge in [0.15, 0.2) is 0 Å². The minimum absolute atomic E-state index is 0.270. The van der Waals surface area contributed by atoms with Gasteiger partial charge < -0.3 is 0 Å². The maximum atomic E-state index is 4.28. The standard InChI is InChI=1S/C8H15B2NS/c1-5(2)8(9,10)7-4-11-6(3)12-7/h4-5H,9-10H2,1-3H3. The third-order valence-electron chi connectivity index (χ3n) is 2.70. The van der Waals surface area contributed by atoms with E-state index in [-0.39, 0.29) is 5.21 Å². The molecule has 0 N–H and O–H groups in total. The Balaban J connectivity index is 2.97. The van der Waals surface area contributed by atoms with E-state index in [2.05, 4.69) is 41.4 Å². The van der Waals surface area contributed by atoms with E-state index in [1.54, 1.807) is 0 Å². The van der Waals surface area contributed by atoms with Gasteiger partial charge in [-0.05, 0) is 12.1 Å². The van der Waals surface area contributed by atoms with E-state index in [9.17, 15) is 0 Å². The SMILES string of the molecule is BC(B)(c1cnc(C)s1)C(C)C. The van der Waals surface area contributed by atoms with E-state index < -0.39 is 0 Å². The van der Waals surface area contributed by atoms with Gasteiger partial charge in [0.1, 0.15) is 15.7 Å². The molecule has 0 bridgehead atoms. The zero-order valence-electron chi connectivity index (χ0n) is 8.51. The van der Waals surface area contributed by atoms with Crippen LogP contribution in [-0.4, -0.2) is 20.7 Å². The number of hydrogen-bond donors (Lipinski definition) is 0. The smallest absolute Gasteiger partial charge is 0.106 e. The summed E-state index contributed by atoms with van der Waals surface area (Å²) in [6, 6.07) is 0. The van der Waals surface area contributed by atoms with E-state index >= 15 is 0 Å². The molecule has 1 aromatic heterocycles. The lowest BCUT2D eigenvalue weighted by Crippen LogP contribution is -2.32. The van der Waals surface area contributed by atoms with E-state index in [4.69, 9.17) is 0 Å². The number of nitrogens with zero attached hydrogens (tertiary/aromatic N) is 1. The van der Waals surface area contributed by atoms with Crippen LogP contribution in [0.3, 0.4) is 0 Å². The molecule has 1 nitrogen and oxygen atoms in total. The molecule has 0 aliphatic carbocycles. The molecule has 0 aliphatic rings. The van der Waals surface area contributed by atoms with E-state index in [1.165, 1.54) is 9.88 Å². The Morgan fingerprint density at radius 2 is 2.08 bits per heavy atom. The Hall–Kier alpha value is -0.240. The molecule has 0 saturated heterocycles. The lowest BCUT2D eigenvalue weighted by molar-refractivity contribution is 0.577. The largest absolute Gasteiger partial charge is 0.250 e. The van der Waals surface area contributed by atoms with Crippen LogP contribution in [0.4, 0.5) is 0 Å². The molecule has 0 radical (unpaired) electrons. The van der Waals surface area contributed by atoms with Crippen molar-refractivity contribution in [1.82, 2.24) is 4.98 Å². The maximum absolute atomic E-state index is 4.28. The van der Waals surface area contributed by atoms with Gasteiger partial charge in [0, 0.05) is 11.1 Å². The van der Waals surface area contributed by atoms with Gasteiger partial charge >= 0.3 is 0 Å². The van der Waals surface area contributed by atoms with E-state index in [1.807, 2.05) is 17.5 Å². The third kappa shape index (κ3) is 1.74. The van der Waals surface area contributed by atoms with E-state index in [0.29, 0.717) is 5.92 Å². The van der Waals surface area contributed by atoms with Crippen molar-refractivity contribution < 1.29 is 0 Å². The first-order chi connectivity index (χ1) is 5.44. The van der Waals surface area contributed by atoms with Crippen LogP contribution in [-0.2, 0) is 5.21 Å². The number of rotatable bonds is 2. The first-order valence-electron chi connectivity index (χ1n) is 4.37. The molecule has 0 fully saturated rings. The molecular weight excluding hydrogens is 164 g/mol. The van der Waals surface area contributed by atoms with Crippen molar-refractivity contribution in [3.05, 3.63) is 16.1 Å². The normalized spacial score (nSPS) is 12.3. The number of aryl methyl sites for hydroxylation is 1. The van der Waals surface area contributed by atoms with Gasteiger partial charge in [-0.15, -0.1) is 11.3 Å². The molecule has 0 spiro atoms.